The standard InChI is InChI=1S/C15H17Br2N3/c1-4-7-20-14(18)13(19-15(20)9(2)3)10-5-6-11(16)12(17)8-10/h4-6,8-9H,1,7,18H2,2-3H3. The lowest BCUT2D eigenvalue weighted by Crippen LogP contribution is -2.07. The first-order valence-electron chi connectivity index (χ1n) is 6.38. The molecule has 3 nitrogen and oxygen atoms in total. The predicted molar refractivity (Wildman–Crippen MR) is 91.8 cm³/mol. The Morgan fingerprint density at radius 3 is 2.60 bits per heavy atom. The van der Waals surface area contributed by atoms with Gasteiger partial charge in [-0.3, -0.25) is 0 Å². The number of benzene rings is 1. The summed E-state index contributed by atoms with van der Waals surface area (Å²) in [6.45, 7) is 8.69. The van der Waals surface area contributed by atoms with Crippen LogP contribution < -0.4 is 5.73 Å². The van der Waals surface area contributed by atoms with Gasteiger partial charge in [0.25, 0.3) is 0 Å². The van der Waals surface area contributed by atoms with Gasteiger partial charge < -0.3 is 10.3 Å². The fourth-order valence-corrected chi connectivity index (χ4v) is 2.73. The van der Waals surface area contributed by atoms with Crippen molar-refractivity contribution in [2.45, 2.75) is 26.3 Å². The van der Waals surface area contributed by atoms with Gasteiger partial charge in [-0.05, 0) is 44.0 Å². The second kappa shape index (κ2) is 6.14. The van der Waals surface area contributed by atoms with Gasteiger partial charge in [0.1, 0.15) is 17.3 Å². The molecule has 20 heavy (non-hydrogen) atoms. The fraction of sp³-hybridized carbons (Fsp3) is 0.267. The van der Waals surface area contributed by atoms with E-state index in [9.17, 15) is 0 Å². The molecule has 0 saturated carbocycles. The number of rotatable bonds is 4. The van der Waals surface area contributed by atoms with E-state index in [2.05, 4.69) is 52.3 Å². The summed E-state index contributed by atoms with van der Waals surface area (Å²) in [5.74, 6) is 1.98. The number of nitrogen functional groups attached to an aromatic ring is 1. The highest BCUT2D eigenvalue weighted by atomic mass is 79.9. The zero-order valence-corrected chi connectivity index (χ0v) is 14.7. The van der Waals surface area contributed by atoms with Crippen LogP contribution in [-0.4, -0.2) is 9.55 Å². The van der Waals surface area contributed by atoms with Gasteiger partial charge in [0, 0.05) is 27.0 Å². The minimum absolute atomic E-state index is 0.310. The normalized spacial score (nSPS) is 11.1. The maximum atomic E-state index is 6.27. The molecule has 0 aliphatic rings. The summed E-state index contributed by atoms with van der Waals surface area (Å²) >= 11 is 6.99. The summed E-state index contributed by atoms with van der Waals surface area (Å²) in [5.41, 5.74) is 8.10. The summed E-state index contributed by atoms with van der Waals surface area (Å²) in [4.78, 5) is 4.72. The first-order chi connectivity index (χ1) is 9.45. The van der Waals surface area contributed by atoms with Crippen LogP contribution >= 0.6 is 31.9 Å². The largest absolute Gasteiger partial charge is 0.383 e. The van der Waals surface area contributed by atoms with Crippen LogP contribution in [0.3, 0.4) is 0 Å². The molecular formula is C15H17Br2N3. The Morgan fingerprint density at radius 2 is 2.05 bits per heavy atom. The Bertz CT molecular complexity index is 645. The van der Waals surface area contributed by atoms with E-state index in [-0.39, 0.29) is 0 Å². The van der Waals surface area contributed by atoms with Gasteiger partial charge in [0.2, 0.25) is 0 Å². The Balaban J connectivity index is 2.59. The van der Waals surface area contributed by atoms with Crippen LogP contribution in [0.2, 0.25) is 0 Å². The van der Waals surface area contributed by atoms with Gasteiger partial charge in [0.15, 0.2) is 0 Å². The molecular weight excluding hydrogens is 382 g/mol. The number of imidazole rings is 1. The molecule has 0 atom stereocenters. The van der Waals surface area contributed by atoms with E-state index in [0.29, 0.717) is 18.3 Å². The second-order valence-electron chi connectivity index (χ2n) is 4.89. The van der Waals surface area contributed by atoms with Crippen molar-refractivity contribution in [1.82, 2.24) is 9.55 Å². The van der Waals surface area contributed by atoms with Crippen LogP contribution in [0, 0.1) is 0 Å². The molecule has 0 spiro atoms. The molecule has 0 unspecified atom stereocenters. The van der Waals surface area contributed by atoms with E-state index in [1.807, 2.05) is 28.8 Å². The van der Waals surface area contributed by atoms with Crippen molar-refractivity contribution in [3.63, 3.8) is 0 Å². The summed E-state index contributed by atoms with van der Waals surface area (Å²) in [5, 5.41) is 0. The molecule has 0 amide bonds. The Kier molecular flexibility index (Phi) is 4.70. The molecule has 2 aromatic rings. The highest BCUT2D eigenvalue weighted by Gasteiger charge is 2.18. The molecule has 0 aliphatic carbocycles. The van der Waals surface area contributed by atoms with Crippen LogP contribution in [0.15, 0.2) is 39.8 Å². The lowest BCUT2D eigenvalue weighted by molar-refractivity contribution is 0.684. The lowest BCUT2D eigenvalue weighted by atomic mass is 10.1. The van der Waals surface area contributed by atoms with Crippen LogP contribution in [-0.2, 0) is 6.54 Å². The number of anilines is 1. The van der Waals surface area contributed by atoms with Crippen molar-refractivity contribution in [3.05, 3.63) is 45.6 Å². The lowest BCUT2D eigenvalue weighted by Gasteiger charge is -2.09. The third kappa shape index (κ3) is 2.83. The van der Waals surface area contributed by atoms with Crippen LogP contribution in [0.1, 0.15) is 25.6 Å². The number of hydrogen-bond donors (Lipinski definition) is 1. The third-order valence-corrected chi connectivity index (χ3v) is 4.94. The number of halogens is 2. The van der Waals surface area contributed by atoms with Crippen molar-refractivity contribution < 1.29 is 0 Å². The van der Waals surface area contributed by atoms with E-state index in [1.54, 1.807) is 0 Å². The second-order valence-corrected chi connectivity index (χ2v) is 6.60. The van der Waals surface area contributed by atoms with Gasteiger partial charge in [-0.2, -0.15) is 0 Å². The fourth-order valence-electron chi connectivity index (χ4n) is 2.10. The zero-order valence-electron chi connectivity index (χ0n) is 11.5. The third-order valence-electron chi connectivity index (χ3n) is 3.06. The van der Waals surface area contributed by atoms with Crippen molar-refractivity contribution in [1.29, 1.82) is 0 Å². The van der Waals surface area contributed by atoms with E-state index in [0.717, 1.165) is 26.0 Å². The highest BCUT2D eigenvalue weighted by Crippen LogP contribution is 2.33. The summed E-state index contributed by atoms with van der Waals surface area (Å²) in [6.07, 6.45) is 1.84. The van der Waals surface area contributed by atoms with E-state index in [1.165, 1.54) is 0 Å². The molecule has 2 rings (SSSR count). The van der Waals surface area contributed by atoms with Crippen LogP contribution in [0.5, 0.6) is 0 Å². The smallest absolute Gasteiger partial charge is 0.132 e. The Hall–Kier alpha value is -1.07. The van der Waals surface area contributed by atoms with Gasteiger partial charge in [-0.25, -0.2) is 4.98 Å². The molecule has 0 aliphatic heterocycles. The van der Waals surface area contributed by atoms with Crippen molar-refractivity contribution in [3.8, 4) is 11.3 Å². The molecule has 0 saturated heterocycles. The van der Waals surface area contributed by atoms with Gasteiger partial charge in [-0.15, -0.1) is 6.58 Å². The first-order valence-corrected chi connectivity index (χ1v) is 7.96. The van der Waals surface area contributed by atoms with Gasteiger partial charge in [-0.1, -0.05) is 26.0 Å². The minimum atomic E-state index is 0.310. The SMILES string of the molecule is C=CCn1c(C(C)C)nc(-c2ccc(Br)c(Br)c2)c1N. The number of allylic oxidation sites excluding steroid dienone is 1. The minimum Gasteiger partial charge on any atom is -0.383 e. The number of nitrogens with zero attached hydrogens (tertiary/aromatic N) is 2. The van der Waals surface area contributed by atoms with Gasteiger partial charge >= 0.3 is 0 Å². The number of nitrogens with two attached hydrogens (primary N) is 1. The molecule has 1 heterocycles. The van der Waals surface area contributed by atoms with Crippen molar-refractivity contribution in [2.75, 3.05) is 5.73 Å². The maximum Gasteiger partial charge on any atom is 0.132 e. The average molecular weight is 399 g/mol. The molecule has 1 aromatic heterocycles. The number of aromatic nitrogens is 2. The van der Waals surface area contributed by atoms with Crippen molar-refractivity contribution in [2.24, 2.45) is 0 Å². The molecule has 5 heteroatoms. The van der Waals surface area contributed by atoms with E-state index < -0.39 is 0 Å². The Morgan fingerprint density at radius 1 is 1.35 bits per heavy atom. The van der Waals surface area contributed by atoms with Crippen LogP contribution in [0.4, 0.5) is 5.82 Å². The number of hydrogen-bond acceptors (Lipinski definition) is 2. The summed E-state index contributed by atoms with van der Waals surface area (Å²) < 4.78 is 4.01. The molecule has 1 aromatic carbocycles. The van der Waals surface area contributed by atoms with Gasteiger partial charge in [0.05, 0.1) is 0 Å². The Labute approximate surface area is 136 Å². The highest BCUT2D eigenvalue weighted by molar-refractivity contribution is 9.13. The summed E-state index contributed by atoms with van der Waals surface area (Å²) in [6, 6.07) is 6.02. The molecule has 106 valence electrons. The molecule has 0 bridgehead atoms. The quantitative estimate of drug-likeness (QED) is 0.739. The first kappa shape index (κ1) is 15.3. The predicted octanol–water partition coefficient (Wildman–Crippen LogP) is 4.97. The molecule has 0 radical (unpaired) electrons. The average Bonchev–Trinajstić information content (AvgIpc) is 2.72. The monoisotopic (exact) mass is 397 g/mol. The zero-order chi connectivity index (χ0) is 14.9. The van der Waals surface area contributed by atoms with E-state index >= 15 is 0 Å². The molecule has 0 fully saturated rings. The topological polar surface area (TPSA) is 43.8 Å². The van der Waals surface area contributed by atoms with Crippen molar-refractivity contribution >= 4 is 37.7 Å². The molecule has 2 N–H and O–H groups in total. The summed E-state index contributed by atoms with van der Waals surface area (Å²) in [7, 11) is 0. The maximum absolute atomic E-state index is 6.27. The van der Waals surface area contributed by atoms with E-state index in [4.69, 9.17) is 10.7 Å². The van der Waals surface area contributed by atoms with Crippen LogP contribution in [0.25, 0.3) is 11.3 Å².